The lowest BCUT2D eigenvalue weighted by Gasteiger charge is -2.04. The third-order valence-electron chi connectivity index (χ3n) is 2.76. The summed E-state index contributed by atoms with van der Waals surface area (Å²) in [5, 5.41) is 2.67. The number of nitrogen functional groups attached to an aromatic ring is 1. The average molecular weight is 270 g/mol. The zero-order valence-electron chi connectivity index (χ0n) is 11.1. The molecule has 0 aliphatic heterocycles. The zero-order valence-corrected chi connectivity index (χ0v) is 11.1. The molecule has 0 aromatic heterocycles. The molecule has 0 saturated carbocycles. The molecule has 0 atom stereocenters. The summed E-state index contributed by atoms with van der Waals surface area (Å²) >= 11 is 0. The second-order valence-corrected chi connectivity index (χ2v) is 4.46. The van der Waals surface area contributed by atoms with Crippen molar-refractivity contribution < 1.29 is 9.18 Å². The third-order valence-corrected chi connectivity index (χ3v) is 2.76. The first-order valence-electron chi connectivity index (χ1n) is 6.15. The first-order valence-corrected chi connectivity index (χ1v) is 6.15. The molecule has 1 amide bonds. The van der Waals surface area contributed by atoms with Crippen LogP contribution >= 0.6 is 0 Å². The quantitative estimate of drug-likeness (QED) is 0.663. The van der Waals surface area contributed by atoms with Gasteiger partial charge in [-0.15, -0.1) is 0 Å². The fourth-order valence-corrected chi connectivity index (χ4v) is 1.74. The number of rotatable bonds is 3. The largest absolute Gasteiger partial charge is 0.399 e. The highest BCUT2D eigenvalue weighted by molar-refractivity contribution is 6.02. The van der Waals surface area contributed by atoms with Crippen LogP contribution in [0, 0.1) is 12.7 Å². The van der Waals surface area contributed by atoms with E-state index in [1.807, 2.05) is 12.1 Å². The number of halogens is 1. The normalized spacial score (nSPS) is 10.7. The van der Waals surface area contributed by atoms with Crippen molar-refractivity contribution in [2.75, 3.05) is 11.1 Å². The van der Waals surface area contributed by atoms with Gasteiger partial charge in [-0.3, -0.25) is 4.79 Å². The molecule has 3 nitrogen and oxygen atoms in total. The van der Waals surface area contributed by atoms with Gasteiger partial charge in [0.2, 0.25) is 5.91 Å². The highest BCUT2D eigenvalue weighted by atomic mass is 19.1. The monoisotopic (exact) mass is 270 g/mol. The maximum Gasteiger partial charge on any atom is 0.248 e. The van der Waals surface area contributed by atoms with Crippen LogP contribution in [0.3, 0.4) is 0 Å². The second-order valence-electron chi connectivity index (χ2n) is 4.46. The van der Waals surface area contributed by atoms with Crippen molar-refractivity contribution >= 4 is 23.4 Å². The minimum absolute atomic E-state index is 0.279. The Kier molecular flexibility index (Phi) is 4.15. The van der Waals surface area contributed by atoms with Gasteiger partial charge in [-0.05, 0) is 54.5 Å². The van der Waals surface area contributed by atoms with Crippen molar-refractivity contribution in [2.24, 2.45) is 0 Å². The van der Waals surface area contributed by atoms with Crippen LogP contribution < -0.4 is 11.1 Å². The van der Waals surface area contributed by atoms with Crippen LogP contribution in [0.1, 0.15) is 11.1 Å². The molecular weight excluding hydrogens is 255 g/mol. The first kappa shape index (κ1) is 13.8. The summed E-state index contributed by atoms with van der Waals surface area (Å²) in [4.78, 5) is 11.7. The summed E-state index contributed by atoms with van der Waals surface area (Å²) in [6, 6.07) is 11.6. The van der Waals surface area contributed by atoms with Crippen LogP contribution in [-0.4, -0.2) is 5.91 Å². The predicted octanol–water partition coefficient (Wildman–Crippen LogP) is 3.37. The smallest absolute Gasteiger partial charge is 0.248 e. The van der Waals surface area contributed by atoms with Gasteiger partial charge in [-0.2, -0.15) is 0 Å². The molecule has 0 unspecified atom stereocenters. The Hall–Kier alpha value is -2.62. The molecule has 0 fully saturated rings. The predicted molar refractivity (Wildman–Crippen MR) is 79.7 cm³/mol. The molecule has 102 valence electrons. The van der Waals surface area contributed by atoms with E-state index < -0.39 is 0 Å². The summed E-state index contributed by atoms with van der Waals surface area (Å²) in [6.07, 6.45) is 3.08. The SMILES string of the molecule is Cc1cc(NC(=O)/C=C/c2cccc(N)c2)ccc1F. The van der Waals surface area contributed by atoms with Gasteiger partial charge in [-0.25, -0.2) is 4.39 Å². The van der Waals surface area contributed by atoms with Crippen LogP contribution in [0.25, 0.3) is 6.08 Å². The molecular formula is C16H15FN2O. The second kappa shape index (κ2) is 6.02. The minimum Gasteiger partial charge on any atom is -0.399 e. The van der Waals surface area contributed by atoms with Gasteiger partial charge in [-0.1, -0.05) is 12.1 Å². The maximum atomic E-state index is 13.1. The van der Waals surface area contributed by atoms with E-state index in [-0.39, 0.29) is 11.7 Å². The molecule has 0 aliphatic rings. The molecule has 0 saturated heterocycles. The lowest BCUT2D eigenvalue weighted by Crippen LogP contribution is -2.08. The van der Waals surface area contributed by atoms with Gasteiger partial charge in [0.25, 0.3) is 0 Å². The van der Waals surface area contributed by atoms with Crippen LogP contribution in [0.5, 0.6) is 0 Å². The third kappa shape index (κ3) is 3.68. The van der Waals surface area contributed by atoms with Crippen molar-refractivity contribution in [3.63, 3.8) is 0 Å². The number of nitrogens with one attached hydrogen (secondary N) is 1. The number of hydrogen-bond acceptors (Lipinski definition) is 2. The van der Waals surface area contributed by atoms with Gasteiger partial charge >= 0.3 is 0 Å². The minimum atomic E-state index is -0.293. The first-order chi connectivity index (χ1) is 9.54. The van der Waals surface area contributed by atoms with E-state index in [0.29, 0.717) is 16.9 Å². The molecule has 4 heteroatoms. The van der Waals surface area contributed by atoms with E-state index in [1.165, 1.54) is 18.2 Å². The molecule has 0 heterocycles. The fraction of sp³-hybridized carbons (Fsp3) is 0.0625. The van der Waals surface area contributed by atoms with Gasteiger partial charge < -0.3 is 11.1 Å². The number of nitrogens with two attached hydrogens (primary N) is 1. The zero-order chi connectivity index (χ0) is 14.5. The number of carbonyl (C=O) groups is 1. The standard InChI is InChI=1S/C16H15FN2O/c1-11-9-14(6-7-15(11)17)19-16(20)8-5-12-3-2-4-13(18)10-12/h2-10H,18H2,1H3,(H,19,20)/b8-5+. The molecule has 2 aromatic carbocycles. The topological polar surface area (TPSA) is 55.1 Å². The Morgan fingerprint density at radius 2 is 2.05 bits per heavy atom. The van der Waals surface area contributed by atoms with E-state index >= 15 is 0 Å². The van der Waals surface area contributed by atoms with Gasteiger partial charge in [0.15, 0.2) is 0 Å². The summed E-state index contributed by atoms with van der Waals surface area (Å²) in [5.74, 6) is -0.572. The van der Waals surface area contributed by atoms with Crippen LogP contribution in [-0.2, 0) is 4.79 Å². The number of benzene rings is 2. The summed E-state index contributed by atoms with van der Waals surface area (Å²) in [7, 11) is 0. The van der Waals surface area contributed by atoms with E-state index in [0.717, 1.165) is 5.56 Å². The van der Waals surface area contributed by atoms with Crippen molar-refractivity contribution in [3.8, 4) is 0 Å². The van der Waals surface area contributed by atoms with E-state index in [2.05, 4.69) is 5.32 Å². The van der Waals surface area contributed by atoms with Crippen LogP contribution in [0.4, 0.5) is 15.8 Å². The van der Waals surface area contributed by atoms with Gasteiger partial charge in [0, 0.05) is 17.5 Å². The summed E-state index contributed by atoms with van der Waals surface area (Å²) in [5.41, 5.74) is 8.18. The summed E-state index contributed by atoms with van der Waals surface area (Å²) in [6.45, 7) is 1.65. The lowest BCUT2D eigenvalue weighted by atomic mass is 10.2. The Morgan fingerprint density at radius 1 is 1.25 bits per heavy atom. The van der Waals surface area contributed by atoms with Crippen molar-refractivity contribution in [3.05, 3.63) is 65.5 Å². The van der Waals surface area contributed by atoms with Crippen LogP contribution in [0.2, 0.25) is 0 Å². The van der Waals surface area contributed by atoms with E-state index in [1.54, 1.807) is 31.2 Å². The highest BCUT2D eigenvalue weighted by Gasteiger charge is 2.01. The van der Waals surface area contributed by atoms with Crippen molar-refractivity contribution in [1.29, 1.82) is 0 Å². The average Bonchev–Trinajstić information content (AvgIpc) is 2.41. The molecule has 2 aromatic rings. The van der Waals surface area contributed by atoms with Crippen molar-refractivity contribution in [1.82, 2.24) is 0 Å². The number of anilines is 2. The Labute approximate surface area is 116 Å². The van der Waals surface area contributed by atoms with Crippen LogP contribution in [0.15, 0.2) is 48.5 Å². The fourth-order valence-electron chi connectivity index (χ4n) is 1.74. The molecule has 3 N–H and O–H groups in total. The number of carbonyl (C=O) groups excluding carboxylic acids is 1. The molecule has 0 spiro atoms. The Balaban J connectivity index is 2.03. The highest BCUT2D eigenvalue weighted by Crippen LogP contribution is 2.14. The number of hydrogen-bond donors (Lipinski definition) is 2. The number of aryl methyl sites for hydroxylation is 1. The van der Waals surface area contributed by atoms with Gasteiger partial charge in [0.1, 0.15) is 5.82 Å². The van der Waals surface area contributed by atoms with Crippen molar-refractivity contribution in [2.45, 2.75) is 6.92 Å². The molecule has 20 heavy (non-hydrogen) atoms. The van der Waals surface area contributed by atoms with E-state index in [9.17, 15) is 9.18 Å². The number of amides is 1. The van der Waals surface area contributed by atoms with E-state index in [4.69, 9.17) is 5.73 Å². The molecule has 0 radical (unpaired) electrons. The summed E-state index contributed by atoms with van der Waals surface area (Å²) < 4.78 is 13.1. The molecule has 2 rings (SSSR count). The maximum absolute atomic E-state index is 13.1. The van der Waals surface area contributed by atoms with Gasteiger partial charge in [0.05, 0.1) is 0 Å². The Bertz CT molecular complexity index is 665. The molecule has 0 bridgehead atoms. The Morgan fingerprint density at radius 3 is 2.75 bits per heavy atom. The molecule has 0 aliphatic carbocycles. The lowest BCUT2D eigenvalue weighted by molar-refractivity contribution is -0.111.